The predicted octanol–water partition coefficient (Wildman–Crippen LogP) is 2.40. The van der Waals surface area contributed by atoms with Crippen LogP contribution < -0.4 is 20.7 Å². The van der Waals surface area contributed by atoms with Crippen LogP contribution in [0.15, 0.2) is 35.3 Å². The molecule has 0 aliphatic heterocycles. The van der Waals surface area contributed by atoms with Crippen molar-refractivity contribution in [3.05, 3.63) is 30.3 Å². The monoisotopic (exact) mass is 462 g/mol. The van der Waals surface area contributed by atoms with Crippen molar-refractivity contribution in [1.29, 1.82) is 0 Å². The third kappa shape index (κ3) is 11.6. The molecule has 1 aromatic carbocycles. The highest BCUT2D eigenvalue weighted by molar-refractivity contribution is 14.0. The summed E-state index contributed by atoms with van der Waals surface area (Å²) in [6.45, 7) is 9.12. The summed E-state index contributed by atoms with van der Waals surface area (Å²) in [5.74, 6) is 1.72. The molecule has 3 N–H and O–H groups in total. The van der Waals surface area contributed by atoms with Gasteiger partial charge < -0.3 is 20.7 Å². The van der Waals surface area contributed by atoms with Gasteiger partial charge in [0.15, 0.2) is 5.96 Å². The molecule has 1 aromatic rings. The molecule has 6 nitrogen and oxygen atoms in total. The van der Waals surface area contributed by atoms with E-state index in [0.29, 0.717) is 26.2 Å². The molecule has 0 fully saturated rings. The van der Waals surface area contributed by atoms with Crippen LogP contribution in [0.3, 0.4) is 0 Å². The number of aliphatic imine (C=N–C) groups is 1. The molecule has 142 valence electrons. The van der Waals surface area contributed by atoms with Gasteiger partial charge in [0.2, 0.25) is 5.91 Å². The molecule has 0 saturated carbocycles. The quantitative estimate of drug-likeness (QED) is 0.216. The van der Waals surface area contributed by atoms with Gasteiger partial charge in [0.1, 0.15) is 5.75 Å². The number of ether oxygens (including phenoxy) is 1. The summed E-state index contributed by atoms with van der Waals surface area (Å²) in [7, 11) is 0. The zero-order valence-electron chi connectivity index (χ0n) is 15.4. The normalized spacial score (nSPS) is 10.8. The topological polar surface area (TPSA) is 74.8 Å². The zero-order chi connectivity index (χ0) is 17.6. The fourth-order valence-electron chi connectivity index (χ4n) is 1.87. The Labute approximate surface area is 168 Å². The summed E-state index contributed by atoms with van der Waals surface area (Å²) < 4.78 is 5.64. The van der Waals surface area contributed by atoms with Crippen LogP contribution in [0, 0.1) is 5.92 Å². The van der Waals surface area contributed by atoms with E-state index in [2.05, 4.69) is 20.9 Å². The molecule has 0 aliphatic carbocycles. The second kappa shape index (κ2) is 14.8. The minimum Gasteiger partial charge on any atom is -0.494 e. The first-order chi connectivity index (χ1) is 11.6. The summed E-state index contributed by atoms with van der Waals surface area (Å²) in [5.41, 5.74) is 0. The van der Waals surface area contributed by atoms with Crippen molar-refractivity contribution in [3.8, 4) is 5.75 Å². The first-order valence-corrected chi connectivity index (χ1v) is 8.61. The molecule has 0 aliphatic rings. The molecule has 0 unspecified atom stereocenters. The summed E-state index contributed by atoms with van der Waals surface area (Å²) >= 11 is 0. The number of carbonyl (C=O) groups excluding carboxylic acids is 1. The van der Waals surface area contributed by atoms with Crippen LogP contribution in [0.4, 0.5) is 0 Å². The van der Waals surface area contributed by atoms with Crippen LogP contribution in [0.5, 0.6) is 5.75 Å². The van der Waals surface area contributed by atoms with Crippen molar-refractivity contribution in [1.82, 2.24) is 16.0 Å². The average Bonchev–Trinajstić information content (AvgIpc) is 2.58. The number of carbonyl (C=O) groups is 1. The third-order valence-corrected chi connectivity index (χ3v) is 3.17. The van der Waals surface area contributed by atoms with E-state index in [0.717, 1.165) is 24.7 Å². The number of amides is 1. The van der Waals surface area contributed by atoms with Gasteiger partial charge in [-0.25, -0.2) is 0 Å². The van der Waals surface area contributed by atoms with Crippen LogP contribution in [-0.4, -0.2) is 44.7 Å². The Balaban J connectivity index is 0.00000576. The van der Waals surface area contributed by atoms with Gasteiger partial charge in [-0.2, -0.15) is 0 Å². The minimum absolute atomic E-state index is 0. The van der Waals surface area contributed by atoms with Gasteiger partial charge >= 0.3 is 0 Å². The molecule has 1 rings (SSSR count). The first kappa shape index (κ1) is 23.5. The van der Waals surface area contributed by atoms with Crippen LogP contribution in [0.2, 0.25) is 0 Å². The molecule has 0 spiro atoms. The van der Waals surface area contributed by atoms with Crippen molar-refractivity contribution < 1.29 is 9.53 Å². The number of hydrogen-bond acceptors (Lipinski definition) is 3. The molecule has 0 heterocycles. The van der Waals surface area contributed by atoms with Gasteiger partial charge in [0.05, 0.1) is 6.61 Å². The summed E-state index contributed by atoms with van der Waals surface area (Å²) in [5, 5.41) is 9.26. The Morgan fingerprint density at radius 2 is 1.80 bits per heavy atom. The third-order valence-electron chi connectivity index (χ3n) is 3.17. The number of nitrogens with zero attached hydrogens (tertiary/aromatic N) is 1. The molecule has 0 bridgehead atoms. The van der Waals surface area contributed by atoms with Crippen LogP contribution in [0.25, 0.3) is 0 Å². The molecule has 0 radical (unpaired) electrons. The first-order valence-electron chi connectivity index (χ1n) is 8.61. The average molecular weight is 462 g/mol. The van der Waals surface area contributed by atoms with Gasteiger partial charge in [0, 0.05) is 38.5 Å². The van der Waals surface area contributed by atoms with Crippen LogP contribution in [0.1, 0.15) is 27.2 Å². The Bertz CT molecular complexity index is 495. The lowest BCUT2D eigenvalue weighted by Gasteiger charge is -2.12. The fraction of sp³-hybridized carbons (Fsp3) is 0.556. The summed E-state index contributed by atoms with van der Waals surface area (Å²) in [6.07, 6.45) is 0.843. The highest BCUT2D eigenvalue weighted by Crippen LogP contribution is 2.08. The lowest BCUT2D eigenvalue weighted by atomic mass is 10.2. The molecule has 0 atom stereocenters. The summed E-state index contributed by atoms with van der Waals surface area (Å²) in [4.78, 5) is 16.0. The van der Waals surface area contributed by atoms with Gasteiger partial charge in [0.25, 0.3) is 0 Å². The Hall–Kier alpha value is -1.51. The molecule has 25 heavy (non-hydrogen) atoms. The Morgan fingerprint density at radius 3 is 2.44 bits per heavy atom. The number of halogens is 1. The predicted molar refractivity (Wildman–Crippen MR) is 114 cm³/mol. The van der Waals surface area contributed by atoms with E-state index >= 15 is 0 Å². The Morgan fingerprint density at radius 1 is 1.12 bits per heavy atom. The van der Waals surface area contributed by atoms with Crippen molar-refractivity contribution >= 4 is 35.8 Å². The lowest BCUT2D eigenvalue weighted by Crippen LogP contribution is -2.42. The second-order valence-electron chi connectivity index (χ2n) is 5.65. The van der Waals surface area contributed by atoms with Gasteiger partial charge in [-0.15, -0.1) is 24.0 Å². The molecular weight excluding hydrogens is 431 g/mol. The van der Waals surface area contributed by atoms with Gasteiger partial charge in [-0.05, 0) is 19.1 Å². The van der Waals surface area contributed by atoms with E-state index in [-0.39, 0.29) is 35.8 Å². The van der Waals surface area contributed by atoms with Crippen molar-refractivity contribution in [2.75, 3.05) is 32.8 Å². The molecule has 0 saturated heterocycles. The molecule has 7 heteroatoms. The lowest BCUT2D eigenvalue weighted by molar-refractivity contribution is -0.123. The minimum atomic E-state index is 0. The Kier molecular flexibility index (Phi) is 13.9. The second-order valence-corrected chi connectivity index (χ2v) is 5.65. The van der Waals surface area contributed by atoms with Crippen LogP contribution >= 0.6 is 24.0 Å². The smallest absolute Gasteiger partial charge is 0.222 e. The van der Waals surface area contributed by atoms with Crippen molar-refractivity contribution in [3.63, 3.8) is 0 Å². The highest BCUT2D eigenvalue weighted by atomic mass is 127. The fourth-order valence-corrected chi connectivity index (χ4v) is 1.87. The highest BCUT2D eigenvalue weighted by Gasteiger charge is 2.05. The maximum Gasteiger partial charge on any atom is 0.222 e. The molecular formula is C18H31IN4O2. The number of nitrogens with one attached hydrogen (secondary N) is 3. The molecule has 0 aromatic heterocycles. The standard InChI is InChI=1S/C18H30N4O2.HI/c1-4-19-18(22-13-12-20-17(23)15(2)3)21-11-8-14-24-16-9-6-5-7-10-16;/h5-7,9-10,15H,4,8,11-14H2,1-3H3,(H,20,23)(H2,19,21,22);1H. The number of hydrogen-bond donors (Lipinski definition) is 3. The van der Waals surface area contributed by atoms with E-state index in [1.165, 1.54) is 0 Å². The van der Waals surface area contributed by atoms with E-state index in [1.54, 1.807) is 0 Å². The van der Waals surface area contributed by atoms with E-state index < -0.39 is 0 Å². The van der Waals surface area contributed by atoms with E-state index in [9.17, 15) is 4.79 Å². The number of para-hydroxylation sites is 1. The molecule has 1 amide bonds. The van der Waals surface area contributed by atoms with Crippen LogP contribution in [-0.2, 0) is 4.79 Å². The van der Waals surface area contributed by atoms with E-state index in [4.69, 9.17) is 4.74 Å². The summed E-state index contributed by atoms with van der Waals surface area (Å²) in [6, 6.07) is 9.77. The SMILES string of the molecule is CCNC(=NCCCOc1ccccc1)NCCNC(=O)C(C)C.I. The van der Waals surface area contributed by atoms with Crippen molar-refractivity contribution in [2.45, 2.75) is 27.2 Å². The van der Waals surface area contributed by atoms with Gasteiger partial charge in [-0.1, -0.05) is 32.0 Å². The van der Waals surface area contributed by atoms with E-state index in [1.807, 2.05) is 51.1 Å². The maximum absolute atomic E-state index is 11.5. The number of guanidine groups is 1. The number of benzene rings is 1. The largest absolute Gasteiger partial charge is 0.494 e. The maximum atomic E-state index is 11.5. The zero-order valence-corrected chi connectivity index (χ0v) is 17.7. The van der Waals surface area contributed by atoms with Gasteiger partial charge in [-0.3, -0.25) is 9.79 Å². The number of rotatable bonds is 10. The van der Waals surface area contributed by atoms with Crippen molar-refractivity contribution in [2.24, 2.45) is 10.9 Å².